The molecule has 6 heteroatoms. The highest BCUT2D eigenvalue weighted by molar-refractivity contribution is 6.05. The van der Waals surface area contributed by atoms with Crippen LogP contribution in [-0.2, 0) is 0 Å². The fourth-order valence-electron chi connectivity index (χ4n) is 2.08. The normalized spacial score (nSPS) is 10.4. The van der Waals surface area contributed by atoms with Crippen LogP contribution < -0.4 is 10.1 Å². The van der Waals surface area contributed by atoms with Gasteiger partial charge in [0.15, 0.2) is 0 Å². The third kappa shape index (κ3) is 4.29. The van der Waals surface area contributed by atoms with Gasteiger partial charge in [-0.15, -0.1) is 0 Å². The Balaban J connectivity index is 2.24. The van der Waals surface area contributed by atoms with Gasteiger partial charge in [0.1, 0.15) is 11.4 Å². The molecule has 0 spiro atoms. The molecule has 0 atom stereocenters. The van der Waals surface area contributed by atoms with Gasteiger partial charge in [0.2, 0.25) is 0 Å². The number of ether oxygens (including phenoxy) is 1. The highest BCUT2D eigenvalue weighted by Gasteiger charge is 2.17. The maximum Gasteiger partial charge on any atom is 0.293 e. The molecule has 2 rings (SSSR count). The van der Waals surface area contributed by atoms with Crippen molar-refractivity contribution >= 4 is 17.3 Å². The maximum absolute atomic E-state index is 12.3. The number of nitro groups is 1. The third-order valence-corrected chi connectivity index (χ3v) is 3.07. The van der Waals surface area contributed by atoms with E-state index in [2.05, 4.69) is 5.32 Å². The Hall–Kier alpha value is -2.89. The Kier molecular flexibility index (Phi) is 4.95. The number of amides is 1. The van der Waals surface area contributed by atoms with Crippen LogP contribution in [0.5, 0.6) is 5.75 Å². The Labute approximate surface area is 134 Å². The zero-order valence-corrected chi connectivity index (χ0v) is 13.2. The molecule has 0 unspecified atom stereocenters. The number of aryl methyl sites for hydroxylation is 1. The van der Waals surface area contributed by atoms with Gasteiger partial charge in [-0.1, -0.05) is 12.1 Å². The van der Waals surface area contributed by atoms with E-state index in [1.807, 2.05) is 13.8 Å². The number of carbonyl (C=O) groups is 1. The molecule has 0 bridgehead atoms. The minimum atomic E-state index is -0.513. The molecule has 0 heterocycles. The van der Waals surface area contributed by atoms with Gasteiger partial charge in [0.05, 0.1) is 11.0 Å². The quantitative estimate of drug-likeness (QED) is 0.669. The molecule has 0 aliphatic heterocycles. The number of hydrogen-bond acceptors (Lipinski definition) is 4. The summed E-state index contributed by atoms with van der Waals surface area (Å²) in [6.45, 7) is 5.54. The van der Waals surface area contributed by atoms with Gasteiger partial charge in [-0.05, 0) is 50.6 Å². The van der Waals surface area contributed by atoms with E-state index >= 15 is 0 Å². The second kappa shape index (κ2) is 6.91. The van der Waals surface area contributed by atoms with Crippen LogP contribution in [0.15, 0.2) is 42.5 Å². The summed E-state index contributed by atoms with van der Waals surface area (Å²) in [6.07, 6.45) is -0.00787. The average Bonchev–Trinajstić information content (AvgIpc) is 2.48. The predicted molar refractivity (Wildman–Crippen MR) is 88.0 cm³/mol. The first kappa shape index (κ1) is 16.5. The minimum Gasteiger partial charge on any atom is -0.491 e. The van der Waals surface area contributed by atoms with Crippen LogP contribution in [0.1, 0.15) is 29.8 Å². The van der Waals surface area contributed by atoms with Crippen molar-refractivity contribution in [2.45, 2.75) is 26.9 Å². The summed E-state index contributed by atoms with van der Waals surface area (Å²) in [5.41, 5.74) is 1.16. The van der Waals surface area contributed by atoms with Gasteiger partial charge >= 0.3 is 0 Å². The Bertz CT molecular complexity index is 741. The van der Waals surface area contributed by atoms with Gasteiger partial charge in [-0.3, -0.25) is 14.9 Å². The summed E-state index contributed by atoms with van der Waals surface area (Å²) >= 11 is 0. The van der Waals surface area contributed by atoms with Crippen molar-refractivity contribution in [3.63, 3.8) is 0 Å². The zero-order chi connectivity index (χ0) is 17.0. The van der Waals surface area contributed by atoms with E-state index in [1.54, 1.807) is 37.3 Å². The molecule has 6 nitrogen and oxygen atoms in total. The summed E-state index contributed by atoms with van der Waals surface area (Å²) in [5, 5.41) is 13.7. The molecule has 120 valence electrons. The van der Waals surface area contributed by atoms with E-state index < -0.39 is 10.8 Å². The van der Waals surface area contributed by atoms with Gasteiger partial charge in [-0.2, -0.15) is 0 Å². The molecule has 0 saturated heterocycles. The number of benzene rings is 2. The molecule has 2 aromatic rings. The van der Waals surface area contributed by atoms with Crippen LogP contribution >= 0.6 is 0 Å². The molecule has 1 N–H and O–H groups in total. The van der Waals surface area contributed by atoms with Crippen molar-refractivity contribution in [2.24, 2.45) is 0 Å². The highest BCUT2D eigenvalue weighted by atomic mass is 16.6. The lowest BCUT2D eigenvalue weighted by Gasteiger charge is -2.11. The number of rotatable bonds is 5. The van der Waals surface area contributed by atoms with Gasteiger partial charge in [0.25, 0.3) is 11.6 Å². The van der Waals surface area contributed by atoms with Crippen molar-refractivity contribution in [1.29, 1.82) is 0 Å². The number of hydrogen-bond donors (Lipinski definition) is 1. The largest absolute Gasteiger partial charge is 0.491 e. The van der Waals surface area contributed by atoms with Crippen LogP contribution in [0, 0.1) is 17.0 Å². The lowest BCUT2D eigenvalue weighted by atomic mass is 10.1. The summed E-state index contributed by atoms with van der Waals surface area (Å²) in [6, 6.07) is 11.4. The molecule has 0 aliphatic carbocycles. The number of anilines is 1. The smallest absolute Gasteiger partial charge is 0.293 e. The Morgan fingerprint density at radius 2 is 1.96 bits per heavy atom. The fourth-order valence-corrected chi connectivity index (χ4v) is 2.08. The molecule has 0 radical (unpaired) electrons. The number of nitrogens with zero attached hydrogens (tertiary/aromatic N) is 1. The first-order valence-corrected chi connectivity index (χ1v) is 7.20. The Morgan fingerprint density at radius 1 is 1.22 bits per heavy atom. The van der Waals surface area contributed by atoms with E-state index in [0.717, 1.165) is 5.56 Å². The van der Waals surface area contributed by atoms with Gasteiger partial charge < -0.3 is 10.1 Å². The van der Waals surface area contributed by atoms with Crippen LogP contribution in [-0.4, -0.2) is 16.9 Å². The number of nitrogens with one attached hydrogen (secondary N) is 1. The van der Waals surface area contributed by atoms with Crippen molar-refractivity contribution in [3.8, 4) is 5.75 Å². The standard InChI is InChI=1S/C17H18N2O4/c1-11(2)23-14-6-4-5-13(10-14)17(20)18-15-8-7-12(3)9-16(15)19(21)22/h4-11H,1-3H3,(H,18,20). The summed E-state index contributed by atoms with van der Waals surface area (Å²) in [5.74, 6) is 0.150. The lowest BCUT2D eigenvalue weighted by Crippen LogP contribution is -2.14. The van der Waals surface area contributed by atoms with Crippen molar-refractivity contribution in [3.05, 3.63) is 63.7 Å². The average molecular weight is 314 g/mol. The van der Waals surface area contributed by atoms with Crippen LogP contribution in [0.25, 0.3) is 0 Å². The summed E-state index contributed by atoms with van der Waals surface area (Å²) < 4.78 is 5.54. The summed E-state index contributed by atoms with van der Waals surface area (Å²) in [4.78, 5) is 22.9. The molecule has 0 fully saturated rings. The van der Waals surface area contributed by atoms with E-state index in [-0.39, 0.29) is 17.5 Å². The zero-order valence-electron chi connectivity index (χ0n) is 13.2. The number of carbonyl (C=O) groups excluding carboxylic acids is 1. The van der Waals surface area contributed by atoms with Crippen LogP contribution in [0.4, 0.5) is 11.4 Å². The SMILES string of the molecule is Cc1ccc(NC(=O)c2cccc(OC(C)C)c2)c([N+](=O)[O-])c1. The third-order valence-electron chi connectivity index (χ3n) is 3.07. The van der Waals surface area contributed by atoms with Gasteiger partial charge in [-0.25, -0.2) is 0 Å². The number of nitro benzene ring substituents is 1. The second-order valence-corrected chi connectivity index (χ2v) is 5.43. The monoisotopic (exact) mass is 314 g/mol. The molecule has 1 amide bonds. The van der Waals surface area contributed by atoms with E-state index in [9.17, 15) is 14.9 Å². The van der Waals surface area contributed by atoms with E-state index in [0.29, 0.717) is 11.3 Å². The first-order valence-electron chi connectivity index (χ1n) is 7.20. The van der Waals surface area contributed by atoms with E-state index in [1.165, 1.54) is 12.1 Å². The minimum absolute atomic E-state index is 0.00787. The topological polar surface area (TPSA) is 81.5 Å². The fraction of sp³-hybridized carbons (Fsp3) is 0.235. The Morgan fingerprint density at radius 3 is 2.61 bits per heavy atom. The van der Waals surface area contributed by atoms with Crippen LogP contribution in [0.3, 0.4) is 0 Å². The highest BCUT2D eigenvalue weighted by Crippen LogP contribution is 2.26. The van der Waals surface area contributed by atoms with E-state index in [4.69, 9.17) is 4.74 Å². The summed E-state index contributed by atoms with van der Waals surface area (Å²) in [7, 11) is 0. The molecule has 0 saturated carbocycles. The molecule has 2 aromatic carbocycles. The molecule has 0 aromatic heterocycles. The van der Waals surface area contributed by atoms with Gasteiger partial charge in [0, 0.05) is 11.6 Å². The second-order valence-electron chi connectivity index (χ2n) is 5.43. The maximum atomic E-state index is 12.3. The molecular weight excluding hydrogens is 296 g/mol. The molecular formula is C17H18N2O4. The van der Waals surface area contributed by atoms with Crippen molar-refractivity contribution in [1.82, 2.24) is 0 Å². The lowest BCUT2D eigenvalue weighted by molar-refractivity contribution is -0.384. The van der Waals surface area contributed by atoms with Crippen LogP contribution in [0.2, 0.25) is 0 Å². The molecule has 0 aliphatic rings. The van der Waals surface area contributed by atoms with Crippen molar-refractivity contribution in [2.75, 3.05) is 5.32 Å². The molecule has 23 heavy (non-hydrogen) atoms. The van der Waals surface area contributed by atoms with Crippen molar-refractivity contribution < 1.29 is 14.5 Å². The first-order chi connectivity index (χ1) is 10.9. The predicted octanol–water partition coefficient (Wildman–Crippen LogP) is 3.94.